The van der Waals surface area contributed by atoms with Gasteiger partial charge in [0.15, 0.2) is 11.6 Å². The van der Waals surface area contributed by atoms with Crippen molar-refractivity contribution in [2.75, 3.05) is 11.9 Å². The first-order valence-corrected chi connectivity index (χ1v) is 8.66. The van der Waals surface area contributed by atoms with Crippen molar-refractivity contribution in [3.8, 4) is 5.75 Å². The van der Waals surface area contributed by atoms with Crippen molar-refractivity contribution in [3.05, 3.63) is 70.9 Å². The summed E-state index contributed by atoms with van der Waals surface area (Å²) in [7, 11) is 0. The highest BCUT2D eigenvalue weighted by Crippen LogP contribution is 2.29. The fourth-order valence-electron chi connectivity index (χ4n) is 2.94. The zero-order chi connectivity index (χ0) is 20.3. The van der Waals surface area contributed by atoms with E-state index in [1.807, 2.05) is 6.92 Å². The number of allylic oxidation sites excluding steroid dienone is 1. The van der Waals surface area contributed by atoms with Gasteiger partial charge in [-0.3, -0.25) is 4.79 Å². The number of ether oxygens (including phenoxy) is 1. The number of anilines is 1. The van der Waals surface area contributed by atoms with E-state index < -0.39 is 29.6 Å². The number of nitrogens with one attached hydrogen (secondary N) is 3. The zero-order valence-corrected chi connectivity index (χ0v) is 15.3. The predicted octanol–water partition coefficient (Wildman–Crippen LogP) is 3.63. The molecule has 1 atom stereocenters. The van der Waals surface area contributed by atoms with Gasteiger partial charge in [-0.15, -0.1) is 0 Å². The van der Waals surface area contributed by atoms with Crippen LogP contribution in [-0.4, -0.2) is 18.5 Å². The lowest BCUT2D eigenvalue weighted by Crippen LogP contribution is -2.45. The van der Waals surface area contributed by atoms with E-state index in [-0.39, 0.29) is 11.3 Å². The number of carbonyl (C=O) groups is 2. The van der Waals surface area contributed by atoms with E-state index in [0.717, 1.165) is 12.1 Å². The number of urea groups is 1. The van der Waals surface area contributed by atoms with E-state index in [4.69, 9.17) is 4.74 Å². The van der Waals surface area contributed by atoms with Crippen LogP contribution in [0.2, 0.25) is 0 Å². The summed E-state index contributed by atoms with van der Waals surface area (Å²) in [5.41, 5.74) is 1.40. The lowest BCUT2D eigenvalue weighted by Gasteiger charge is -2.28. The average Bonchev–Trinajstić information content (AvgIpc) is 2.65. The van der Waals surface area contributed by atoms with Crippen LogP contribution in [-0.2, 0) is 4.79 Å². The molecule has 0 fully saturated rings. The van der Waals surface area contributed by atoms with Crippen LogP contribution in [0.5, 0.6) is 5.75 Å². The monoisotopic (exact) mass is 387 g/mol. The molecule has 1 heterocycles. The average molecular weight is 387 g/mol. The molecule has 1 aliphatic rings. The van der Waals surface area contributed by atoms with Gasteiger partial charge in [0, 0.05) is 17.5 Å². The van der Waals surface area contributed by atoms with Crippen molar-refractivity contribution in [3.63, 3.8) is 0 Å². The molecule has 8 heteroatoms. The molecule has 0 bridgehead atoms. The molecule has 0 radical (unpaired) electrons. The van der Waals surface area contributed by atoms with Crippen LogP contribution in [0.25, 0.3) is 0 Å². The Morgan fingerprint density at radius 3 is 2.50 bits per heavy atom. The van der Waals surface area contributed by atoms with Gasteiger partial charge in [0.1, 0.15) is 5.75 Å². The maximum atomic E-state index is 13.4. The molecule has 1 aliphatic heterocycles. The van der Waals surface area contributed by atoms with Crippen molar-refractivity contribution in [2.45, 2.75) is 19.9 Å². The number of carbonyl (C=O) groups excluding carboxylic acids is 2. The first kappa shape index (κ1) is 19.3. The molecule has 2 aromatic carbocycles. The molecular formula is C20H19F2N3O3. The van der Waals surface area contributed by atoms with Gasteiger partial charge in [-0.1, -0.05) is 12.1 Å². The maximum Gasteiger partial charge on any atom is 0.319 e. The van der Waals surface area contributed by atoms with Gasteiger partial charge in [-0.05, 0) is 43.7 Å². The summed E-state index contributed by atoms with van der Waals surface area (Å²) in [6.07, 6.45) is 0. The number of amides is 3. The minimum atomic E-state index is -1.07. The molecule has 0 saturated carbocycles. The van der Waals surface area contributed by atoms with Gasteiger partial charge in [0.05, 0.1) is 18.2 Å². The van der Waals surface area contributed by atoms with Crippen molar-refractivity contribution in [1.29, 1.82) is 0 Å². The third kappa shape index (κ3) is 4.11. The quantitative estimate of drug-likeness (QED) is 0.733. The Kier molecular flexibility index (Phi) is 5.58. The fraction of sp³-hybridized carbons (Fsp3) is 0.200. The van der Waals surface area contributed by atoms with E-state index >= 15 is 0 Å². The van der Waals surface area contributed by atoms with E-state index in [9.17, 15) is 18.4 Å². The Bertz CT molecular complexity index is 942. The van der Waals surface area contributed by atoms with Crippen LogP contribution in [0.1, 0.15) is 25.5 Å². The molecule has 146 valence electrons. The summed E-state index contributed by atoms with van der Waals surface area (Å²) in [5.74, 6) is -1.95. The summed E-state index contributed by atoms with van der Waals surface area (Å²) in [5, 5.41) is 7.80. The second-order valence-electron chi connectivity index (χ2n) is 6.16. The van der Waals surface area contributed by atoms with Crippen molar-refractivity contribution >= 4 is 17.6 Å². The van der Waals surface area contributed by atoms with Crippen LogP contribution in [0, 0.1) is 11.6 Å². The van der Waals surface area contributed by atoms with Crippen LogP contribution < -0.4 is 20.7 Å². The molecule has 3 amide bonds. The fourth-order valence-corrected chi connectivity index (χ4v) is 2.94. The van der Waals surface area contributed by atoms with Crippen molar-refractivity contribution in [2.24, 2.45) is 0 Å². The van der Waals surface area contributed by atoms with Crippen LogP contribution in [0.15, 0.2) is 53.7 Å². The third-order valence-electron chi connectivity index (χ3n) is 4.22. The molecule has 0 saturated heterocycles. The molecule has 3 rings (SSSR count). The Balaban J connectivity index is 1.90. The van der Waals surface area contributed by atoms with Crippen molar-refractivity contribution < 1.29 is 23.1 Å². The Labute approximate surface area is 160 Å². The highest BCUT2D eigenvalue weighted by Gasteiger charge is 2.31. The number of benzene rings is 2. The second-order valence-corrected chi connectivity index (χ2v) is 6.16. The van der Waals surface area contributed by atoms with Gasteiger partial charge in [0.25, 0.3) is 5.91 Å². The highest BCUT2D eigenvalue weighted by atomic mass is 19.2. The topological polar surface area (TPSA) is 79.5 Å². The SMILES string of the molecule is CCOc1ccc([C@@H]2NC(=O)NC(C)=C2C(=O)Nc2ccc(F)c(F)c2)cc1. The number of hydrogen-bond donors (Lipinski definition) is 3. The van der Waals surface area contributed by atoms with Gasteiger partial charge < -0.3 is 20.7 Å². The first-order chi connectivity index (χ1) is 13.4. The maximum absolute atomic E-state index is 13.4. The van der Waals surface area contributed by atoms with E-state index in [1.54, 1.807) is 31.2 Å². The molecular weight excluding hydrogens is 368 g/mol. The second kappa shape index (κ2) is 8.08. The van der Waals surface area contributed by atoms with E-state index in [1.165, 1.54) is 6.07 Å². The van der Waals surface area contributed by atoms with Gasteiger partial charge in [0.2, 0.25) is 0 Å². The number of hydrogen-bond acceptors (Lipinski definition) is 3. The Morgan fingerprint density at radius 1 is 1.14 bits per heavy atom. The molecule has 2 aromatic rings. The third-order valence-corrected chi connectivity index (χ3v) is 4.22. The van der Waals surface area contributed by atoms with Gasteiger partial charge >= 0.3 is 6.03 Å². The van der Waals surface area contributed by atoms with Crippen LogP contribution in [0.4, 0.5) is 19.3 Å². The normalized spacial score (nSPS) is 16.3. The molecule has 0 aromatic heterocycles. The number of halogens is 2. The van der Waals surface area contributed by atoms with Gasteiger partial charge in [-0.25, -0.2) is 13.6 Å². The minimum absolute atomic E-state index is 0.103. The largest absolute Gasteiger partial charge is 0.494 e. The number of rotatable bonds is 5. The first-order valence-electron chi connectivity index (χ1n) is 8.66. The predicted molar refractivity (Wildman–Crippen MR) is 99.7 cm³/mol. The Morgan fingerprint density at radius 2 is 1.86 bits per heavy atom. The lowest BCUT2D eigenvalue weighted by molar-refractivity contribution is -0.113. The van der Waals surface area contributed by atoms with Crippen LogP contribution >= 0.6 is 0 Å². The minimum Gasteiger partial charge on any atom is -0.494 e. The smallest absolute Gasteiger partial charge is 0.319 e. The summed E-state index contributed by atoms with van der Waals surface area (Å²) < 4.78 is 31.9. The van der Waals surface area contributed by atoms with Crippen molar-refractivity contribution in [1.82, 2.24) is 10.6 Å². The molecule has 0 unspecified atom stereocenters. The zero-order valence-electron chi connectivity index (χ0n) is 15.3. The van der Waals surface area contributed by atoms with E-state index in [0.29, 0.717) is 23.6 Å². The molecule has 0 spiro atoms. The Hall–Kier alpha value is -3.42. The highest BCUT2D eigenvalue weighted by molar-refractivity contribution is 6.06. The standard InChI is InChI=1S/C20H19F2N3O3/c1-3-28-14-7-4-12(5-8-14)18-17(11(2)23-20(27)25-18)19(26)24-13-6-9-15(21)16(22)10-13/h4-10,18H,3H2,1-2H3,(H,24,26)(H2,23,25,27)/t18-/m0/s1. The lowest BCUT2D eigenvalue weighted by atomic mass is 9.94. The summed E-state index contributed by atoms with van der Waals surface area (Å²) >= 11 is 0. The summed E-state index contributed by atoms with van der Waals surface area (Å²) in [4.78, 5) is 24.8. The summed E-state index contributed by atoms with van der Waals surface area (Å²) in [6, 6.07) is 8.91. The van der Waals surface area contributed by atoms with Crippen LogP contribution in [0.3, 0.4) is 0 Å². The molecule has 28 heavy (non-hydrogen) atoms. The molecule has 3 N–H and O–H groups in total. The van der Waals surface area contributed by atoms with Gasteiger partial charge in [-0.2, -0.15) is 0 Å². The van der Waals surface area contributed by atoms with E-state index in [2.05, 4.69) is 16.0 Å². The molecule has 6 nitrogen and oxygen atoms in total. The summed E-state index contributed by atoms with van der Waals surface area (Å²) in [6.45, 7) is 3.98. The molecule has 0 aliphatic carbocycles.